The summed E-state index contributed by atoms with van der Waals surface area (Å²) in [4.78, 5) is 53.9. The molecule has 0 spiro atoms. The van der Waals surface area contributed by atoms with E-state index >= 15 is 0 Å². The van der Waals surface area contributed by atoms with Crippen molar-refractivity contribution in [1.82, 2.24) is 9.55 Å². The highest BCUT2D eigenvalue weighted by Crippen LogP contribution is 2.47. The zero-order chi connectivity index (χ0) is 24.4. The van der Waals surface area contributed by atoms with Crippen LogP contribution >= 0.6 is 0 Å². The molecule has 0 amide bonds. The maximum Gasteiger partial charge on any atom is 0.343 e. The van der Waals surface area contributed by atoms with E-state index in [1.54, 1.807) is 24.3 Å². The minimum Gasteiger partial charge on any atom is -0.458 e. The number of hydrogen-bond donors (Lipinski definition) is 1. The van der Waals surface area contributed by atoms with E-state index in [0.717, 1.165) is 5.39 Å². The summed E-state index contributed by atoms with van der Waals surface area (Å²) in [6, 6.07) is 7.11. The van der Waals surface area contributed by atoms with Gasteiger partial charge in [0.1, 0.15) is 18.0 Å². The Hall–Kier alpha value is -4.18. The molecular formula is C24H19N3O7. The van der Waals surface area contributed by atoms with E-state index in [4.69, 9.17) is 4.74 Å². The van der Waals surface area contributed by atoms with Gasteiger partial charge in [-0.1, -0.05) is 31.2 Å². The van der Waals surface area contributed by atoms with Crippen LogP contribution in [0.4, 0.5) is 5.69 Å². The van der Waals surface area contributed by atoms with Gasteiger partial charge in [-0.25, -0.2) is 9.78 Å². The number of esters is 1. The largest absolute Gasteiger partial charge is 0.458 e. The molecule has 0 unspecified atom stereocenters. The topological polar surface area (TPSA) is 142 Å². The van der Waals surface area contributed by atoms with Gasteiger partial charge in [0.15, 0.2) is 11.4 Å². The minimum absolute atomic E-state index is 0.0223. The Bertz CT molecular complexity index is 1540. The molecule has 0 bridgehead atoms. The first-order valence-corrected chi connectivity index (χ1v) is 10.6. The van der Waals surface area contributed by atoms with Gasteiger partial charge < -0.3 is 9.84 Å². The summed E-state index contributed by atoms with van der Waals surface area (Å²) in [7, 11) is 0. The van der Waals surface area contributed by atoms with Crippen LogP contribution < -0.4 is 5.56 Å². The SMILES string of the molecule is CC[C@@]1(O)C(=O)OCc2c1c([N+](=O)[O-])c1n(c2=O)Cc2c-1nc1ccccc1c2/C=C/C(C)=O. The number of hydrogen-bond acceptors (Lipinski definition) is 8. The number of rotatable bonds is 4. The highest BCUT2D eigenvalue weighted by Gasteiger charge is 2.51. The van der Waals surface area contributed by atoms with Crippen molar-refractivity contribution in [3.8, 4) is 11.4 Å². The molecule has 172 valence electrons. The Morgan fingerprint density at radius 3 is 2.74 bits per heavy atom. The van der Waals surface area contributed by atoms with Gasteiger partial charge >= 0.3 is 11.7 Å². The van der Waals surface area contributed by atoms with Crippen molar-refractivity contribution >= 4 is 34.4 Å². The van der Waals surface area contributed by atoms with Crippen LogP contribution in [0.15, 0.2) is 35.1 Å². The number of allylic oxidation sites excluding steroid dienone is 1. The first-order chi connectivity index (χ1) is 16.2. The summed E-state index contributed by atoms with van der Waals surface area (Å²) in [6.07, 6.45) is 2.78. The third kappa shape index (κ3) is 2.85. The van der Waals surface area contributed by atoms with Crippen molar-refractivity contribution < 1.29 is 24.4 Å². The average Bonchev–Trinajstić information content (AvgIpc) is 3.18. The summed E-state index contributed by atoms with van der Waals surface area (Å²) < 4.78 is 6.26. The van der Waals surface area contributed by atoms with E-state index in [-0.39, 0.29) is 41.3 Å². The molecule has 1 N–H and O–H groups in total. The average molecular weight is 461 g/mol. The lowest BCUT2D eigenvalue weighted by Gasteiger charge is -2.31. The Balaban J connectivity index is 1.94. The lowest BCUT2D eigenvalue weighted by molar-refractivity contribution is -0.386. The molecule has 5 rings (SSSR count). The molecule has 10 heteroatoms. The number of para-hydroxylation sites is 1. The van der Waals surface area contributed by atoms with Gasteiger partial charge in [-0.2, -0.15) is 0 Å². The van der Waals surface area contributed by atoms with E-state index in [2.05, 4.69) is 4.98 Å². The Kier molecular flexibility index (Phi) is 4.73. The Morgan fingerprint density at radius 1 is 1.32 bits per heavy atom. The highest BCUT2D eigenvalue weighted by atomic mass is 16.6. The summed E-state index contributed by atoms with van der Waals surface area (Å²) in [6.45, 7) is 2.39. The predicted molar refractivity (Wildman–Crippen MR) is 121 cm³/mol. The smallest absolute Gasteiger partial charge is 0.343 e. The molecule has 0 aliphatic carbocycles. The van der Waals surface area contributed by atoms with Crippen molar-refractivity contribution in [2.75, 3.05) is 0 Å². The van der Waals surface area contributed by atoms with Crippen molar-refractivity contribution in [2.45, 2.75) is 39.0 Å². The second kappa shape index (κ2) is 7.42. The normalized spacial score (nSPS) is 18.5. The molecule has 1 atom stereocenters. The van der Waals surface area contributed by atoms with E-state index in [1.807, 2.05) is 6.07 Å². The molecule has 0 fully saturated rings. The molecule has 3 aromatic rings. The van der Waals surface area contributed by atoms with E-state index < -0.39 is 34.3 Å². The fourth-order valence-corrected chi connectivity index (χ4v) is 4.77. The van der Waals surface area contributed by atoms with Crippen molar-refractivity contribution in [3.05, 3.63) is 73.1 Å². The second-order valence-electron chi connectivity index (χ2n) is 8.30. The van der Waals surface area contributed by atoms with Gasteiger partial charge in [0, 0.05) is 10.9 Å². The lowest BCUT2D eigenvalue weighted by Crippen LogP contribution is -2.45. The summed E-state index contributed by atoms with van der Waals surface area (Å²) in [5.74, 6) is -1.22. The molecule has 0 saturated heterocycles. The van der Waals surface area contributed by atoms with E-state index in [1.165, 1.54) is 24.5 Å². The number of ether oxygens (including phenoxy) is 1. The van der Waals surface area contributed by atoms with Crippen LogP contribution in [0.3, 0.4) is 0 Å². The van der Waals surface area contributed by atoms with Crippen LogP contribution in [-0.4, -0.2) is 31.3 Å². The van der Waals surface area contributed by atoms with Crippen LogP contribution in [0.2, 0.25) is 0 Å². The molecule has 1 aromatic carbocycles. The first-order valence-electron chi connectivity index (χ1n) is 10.6. The Morgan fingerprint density at radius 2 is 2.06 bits per heavy atom. The zero-order valence-electron chi connectivity index (χ0n) is 18.3. The number of aliphatic hydroxyl groups is 1. The van der Waals surface area contributed by atoms with Gasteiger partial charge in [-0.3, -0.25) is 24.3 Å². The van der Waals surface area contributed by atoms with Crippen LogP contribution in [0.5, 0.6) is 0 Å². The van der Waals surface area contributed by atoms with Crippen LogP contribution in [0.1, 0.15) is 42.5 Å². The number of nitrogens with zero attached hydrogens (tertiary/aromatic N) is 3. The fraction of sp³-hybridized carbons (Fsp3) is 0.250. The molecule has 2 aliphatic heterocycles. The highest BCUT2D eigenvalue weighted by molar-refractivity contribution is 5.99. The van der Waals surface area contributed by atoms with Crippen molar-refractivity contribution in [3.63, 3.8) is 0 Å². The number of carbonyl (C=O) groups is 2. The monoisotopic (exact) mass is 461 g/mol. The van der Waals surface area contributed by atoms with E-state index in [9.17, 15) is 29.6 Å². The third-order valence-electron chi connectivity index (χ3n) is 6.39. The van der Waals surface area contributed by atoms with Crippen LogP contribution in [0, 0.1) is 10.1 Å². The van der Waals surface area contributed by atoms with Crippen molar-refractivity contribution in [2.24, 2.45) is 0 Å². The zero-order valence-corrected chi connectivity index (χ0v) is 18.3. The molecule has 0 saturated carbocycles. The summed E-state index contributed by atoms with van der Waals surface area (Å²) in [5, 5.41) is 24.2. The van der Waals surface area contributed by atoms with Gasteiger partial charge in [0.05, 0.1) is 28.1 Å². The number of cyclic esters (lactones) is 1. The van der Waals surface area contributed by atoms with Gasteiger partial charge in [0.25, 0.3) is 5.56 Å². The van der Waals surface area contributed by atoms with Crippen LogP contribution in [0.25, 0.3) is 28.4 Å². The quantitative estimate of drug-likeness (QED) is 0.212. The molecule has 4 heterocycles. The second-order valence-corrected chi connectivity index (χ2v) is 8.30. The minimum atomic E-state index is -2.33. The lowest BCUT2D eigenvalue weighted by atomic mass is 9.84. The van der Waals surface area contributed by atoms with E-state index in [0.29, 0.717) is 16.6 Å². The third-order valence-corrected chi connectivity index (χ3v) is 6.39. The molecular weight excluding hydrogens is 442 g/mol. The van der Waals surface area contributed by atoms with Crippen LogP contribution in [-0.2, 0) is 33.1 Å². The Labute approximate surface area is 192 Å². The maximum atomic E-state index is 13.5. The molecule has 10 nitrogen and oxygen atoms in total. The number of fused-ring (bicyclic) bond motifs is 5. The standard InChI is InChI=1S/C24H19N3O7/c1-3-24(31)18-16(11-34-23(24)30)22(29)26-10-15-13(9-8-12(2)28)14-6-4-5-7-17(14)25-19(15)21(26)20(18)27(32)33/h4-9,31H,3,10-11H2,1-2H3/b9-8+/t24-/m0/s1. The summed E-state index contributed by atoms with van der Waals surface area (Å²) in [5.41, 5.74) is -2.15. The number of aromatic nitrogens is 2. The van der Waals surface area contributed by atoms with Gasteiger partial charge in [0.2, 0.25) is 0 Å². The molecule has 0 radical (unpaired) electrons. The number of benzene rings is 1. The van der Waals surface area contributed by atoms with Crippen molar-refractivity contribution in [1.29, 1.82) is 0 Å². The maximum absolute atomic E-state index is 13.5. The number of carbonyl (C=O) groups excluding carboxylic acids is 2. The summed E-state index contributed by atoms with van der Waals surface area (Å²) >= 11 is 0. The molecule has 34 heavy (non-hydrogen) atoms. The number of pyridine rings is 2. The molecule has 2 aliphatic rings. The van der Waals surface area contributed by atoms with Gasteiger partial charge in [-0.05, 0) is 31.1 Å². The van der Waals surface area contributed by atoms with Gasteiger partial charge in [-0.15, -0.1) is 0 Å². The fourth-order valence-electron chi connectivity index (χ4n) is 4.77. The predicted octanol–water partition coefficient (Wildman–Crippen LogP) is 2.59. The molecule has 2 aromatic heterocycles. The first kappa shape index (κ1) is 21.7. The number of ketones is 1. The number of nitro groups is 1.